The van der Waals surface area contributed by atoms with Crippen molar-refractivity contribution >= 4 is 27.5 Å². The van der Waals surface area contributed by atoms with Gasteiger partial charge in [0.2, 0.25) is 15.9 Å². The van der Waals surface area contributed by atoms with Gasteiger partial charge in [0, 0.05) is 50.4 Å². The van der Waals surface area contributed by atoms with E-state index in [2.05, 4.69) is 28.5 Å². The van der Waals surface area contributed by atoms with Crippen LogP contribution < -0.4 is 4.72 Å². The largest absolute Gasteiger partial charge is 0.340 e. The first-order valence-corrected chi connectivity index (χ1v) is 11.8. The number of piperazine rings is 1. The minimum absolute atomic E-state index is 0.00329. The van der Waals surface area contributed by atoms with Gasteiger partial charge in [0.15, 0.2) is 0 Å². The Balaban J connectivity index is 1.49. The lowest BCUT2D eigenvalue weighted by molar-refractivity contribution is -0.138. The number of carbonyl (C=O) groups is 1. The van der Waals surface area contributed by atoms with Crippen LogP contribution in [-0.2, 0) is 14.8 Å². The molecule has 1 aliphatic carbocycles. The smallest absolute Gasteiger partial charge is 0.242 e. The van der Waals surface area contributed by atoms with Crippen LogP contribution in [0.4, 0.5) is 0 Å². The van der Waals surface area contributed by atoms with Gasteiger partial charge >= 0.3 is 0 Å². The molecule has 1 aliphatic heterocycles. The van der Waals surface area contributed by atoms with Gasteiger partial charge in [-0.05, 0) is 51.7 Å². The second kappa shape index (κ2) is 9.07. The Hall–Kier alpha value is -1.22. The second-order valence-corrected chi connectivity index (χ2v) is 10.0. The zero-order chi connectivity index (χ0) is 20.3. The first-order chi connectivity index (χ1) is 13.3. The van der Waals surface area contributed by atoms with Crippen LogP contribution in [0.3, 0.4) is 0 Å². The molecule has 1 amide bonds. The Bertz CT molecular complexity index is 769. The van der Waals surface area contributed by atoms with E-state index in [-0.39, 0.29) is 27.9 Å². The molecule has 156 valence electrons. The molecule has 3 rings (SSSR count). The van der Waals surface area contributed by atoms with E-state index in [0.29, 0.717) is 18.9 Å². The lowest BCUT2D eigenvalue weighted by atomic mass is 9.85. The quantitative estimate of drug-likeness (QED) is 0.726. The van der Waals surface area contributed by atoms with E-state index >= 15 is 0 Å². The predicted molar refractivity (Wildman–Crippen MR) is 109 cm³/mol. The monoisotopic (exact) mass is 428 g/mol. The van der Waals surface area contributed by atoms with Crippen LogP contribution in [0.1, 0.15) is 39.5 Å². The average molecular weight is 429 g/mol. The summed E-state index contributed by atoms with van der Waals surface area (Å²) in [6.07, 6.45) is 4.03. The molecule has 1 saturated heterocycles. The molecule has 0 aromatic carbocycles. The van der Waals surface area contributed by atoms with Crippen molar-refractivity contribution in [2.75, 3.05) is 26.2 Å². The Kier molecular flexibility index (Phi) is 6.96. The fraction of sp³-hybridized carbons (Fsp3) is 0.684. The maximum absolute atomic E-state index is 12.8. The number of nitrogens with one attached hydrogen (secondary N) is 1. The van der Waals surface area contributed by atoms with Crippen LogP contribution in [0.2, 0.25) is 5.15 Å². The van der Waals surface area contributed by atoms with Gasteiger partial charge in [-0.1, -0.05) is 11.6 Å². The Labute approximate surface area is 172 Å². The Morgan fingerprint density at radius 1 is 1.14 bits per heavy atom. The fourth-order valence-corrected chi connectivity index (χ4v) is 5.34. The minimum atomic E-state index is -3.62. The molecule has 0 bridgehead atoms. The van der Waals surface area contributed by atoms with E-state index in [4.69, 9.17) is 11.6 Å². The van der Waals surface area contributed by atoms with Crippen LogP contribution in [0.25, 0.3) is 0 Å². The summed E-state index contributed by atoms with van der Waals surface area (Å²) in [6, 6.07) is 3.27. The number of nitrogens with zero attached hydrogens (tertiary/aromatic N) is 3. The van der Waals surface area contributed by atoms with Gasteiger partial charge < -0.3 is 4.90 Å². The number of amides is 1. The van der Waals surface area contributed by atoms with Crippen molar-refractivity contribution in [1.29, 1.82) is 0 Å². The highest BCUT2D eigenvalue weighted by Crippen LogP contribution is 2.27. The highest BCUT2D eigenvalue weighted by molar-refractivity contribution is 7.89. The van der Waals surface area contributed by atoms with Crippen molar-refractivity contribution in [3.63, 3.8) is 0 Å². The van der Waals surface area contributed by atoms with E-state index in [1.165, 1.54) is 18.3 Å². The highest BCUT2D eigenvalue weighted by Gasteiger charge is 2.32. The minimum Gasteiger partial charge on any atom is -0.340 e. The van der Waals surface area contributed by atoms with E-state index < -0.39 is 10.0 Å². The summed E-state index contributed by atoms with van der Waals surface area (Å²) in [6.45, 7) is 7.78. The highest BCUT2D eigenvalue weighted by atomic mass is 35.5. The van der Waals surface area contributed by atoms with E-state index in [9.17, 15) is 13.2 Å². The number of hydrogen-bond donors (Lipinski definition) is 1. The van der Waals surface area contributed by atoms with Gasteiger partial charge in [-0.15, -0.1) is 0 Å². The van der Waals surface area contributed by atoms with Crippen molar-refractivity contribution in [1.82, 2.24) is 19.5 Å². The summed E-state index contributed by atoms with van der Waals surface area (Å²) >= 11 is 5.72. The van der Waals surface area contributed by atoms with Crippen LogP contribution in [0.15, 0.2) is 23.2 Å². The topological polar surface area (TPSA) is 82.6 Å². The van der Waals surface area contributed by atoms with Gasteiger partial charge in [-0.2, -0.15) is 0 Å². The number of rotatable bonds is 5. The molecule has 1 aromatic heterocycles. The standard InChI is InChI=1S/C19H29ClN4O3S/c1-14(2)23-9-11-24(12-10-23)19(25)15-3-5-16(6-4-15)22-28(26,27)17-7-8-18(20)21-13-17/h7-8,13-16,22H,3-6,9-12H2,1-2H3/t15-,16-. The fourth-order valence-electron chi connectivity index (χ4n) is 3.98. The van der Waals surface area contributed by atoms with Crippen molar-refractivity contribution in [2.24, 2.45) is 5.92 Å². The number of carbonyl (C=O) groups excluding carboxylic acids is 1. The first-order valence-electron chi connectivity index (χ1n) is 9.93. The van der Waals surface area contributed by atoms with E-state index in [0.717, 1.165) is 39.0 Å². The Morgan fingerprint density at radius 3 is 2.32 bits per heavy atom. The summed E-state index contributed by atoms with van der Waals surface area (Å²) in [5.41, 5.74) is 0. The molecule has 0 unspecified atom stereocenters. The van der Waals surface area contributed by atoms with Crippen LogP contribution in [-0.4, -0.2) is 67.4 Å². The molecule has 2 aliphatic rings. The number of pyridine rings is 1. The molecule has 7 nitrogen and oxygen atoms in total. The molecular formula is C19H29ClN4O3S. The maximum Gasteiger partial charge on any atom is 0.242 e. The number of aromatic nitrogens is 1. The van der Waals surface area contributed by atoms with Crippen LogP contribution in [0.5, 0.6) is 0 Å². The second-order valence-electron chi connectivity index (χ2n) is 7.94. The molecule has 2 fully saturated rings. The normalized spacial score (nSPS) is 24.5. The maximum atomic E-state index is 12.8. The van der Waals surface area contributed by atoms with Gasteiger partial charge in [0.05, 0.1) is 0 Å². The molecule has 0 atom stereocenters. The van der Waals surface area contributed by atoms with Crippen molar-refractivity contribution in [3.8, 4) is 0 Å². The molecule has 2 heterocycles. The summed E-state index contributed by atoms with van der Waals surface area (Å²) in [4.78, 5) is 21.1. The number of hydrogen-bond acceptors (Lipinski definition) is 5. The summed E-state index contributed by atoms with van der Waals surface area (Å²) in [5, 5.41) is 0.257. The van der Waals surface area contributed by atoms with E-state index in [1.54, 1.807) is 0 Å². The van der Waals surface area contributed by atoms with E-state index in [1.807, 2.05) is 4.90 Å². The number of sulfonamides is 1. The van der Waals surface area contributed by atoms with Crippen LogP contribution in [0, 0.1) is 5.92 Å². The third-order valence-electron chi connectivity index (χ3n) is 5.77. The molecule has 1 N–H and O–H groups in total. The van der Waals surface area contributed by atoms with Gasteiger partial charge in [0.25, 0.3) is 0 Å². The first kappa shape index (κ1) is 21.5. The van der Waals surface area contributed by atoms with Crippen LogP contribution >= 0.6 is 11.6 Å². The zero-order valence-corrected chi connectivity index (χ0v) is 18.0. The summed E-state index contributed by atoms with van der Waals surface area (Å²) in [5.74, 6) is 0.232. The average Bonchev–Trinajstić information content (AvgIpc) is 2.68. The van der Waals surface area contributed by atoms with Crippen molar-refractivity contribution in [3.05, 3.63) is 23.5 Å². The van der Waals surface area contributed by atoms with Crippen molar-refractivity contribution in [2.45, 2.75) is 56.5 Å². The summed E-state index contributed by atoms with van der Waals surface area (Å²) in [7, 11) is -3.62. The zero-order valence-electron chi connectivity index (χ0n) is 16.5. The van der Waals surface area contributed by atoms with Gasteiger partial charge in [-0.25, -0.2) is 18.1 Å². The van der Waals surface area contributed by atoms with Gasteiger partial charge in [-0.3, -0.25) is 9.69 Å². The number of halogens is 1. The molecule has 1 aromatic rings. The molecule has 0 radical (unpaired) electrons. The third-order valence-corrected chi connectivity index (χ3v) is 7.49. The molecular weight excluding hydrogens is 400 g/mol. The van der Waals surface area contributed by atoms with Crippen molar-refractivity contribution < 1.29 is 13.2 Å². The Morgan fingerprint density at radius 2 is 1.79 bits per heavy atom. The third kappa shape index (κ3) is 5.23. The lowest BCUT2D eigenvalue weighted by Gasteiger charge is -2.39. The SMILES string of the molecule is CC(C)N1CCN(C(=O)[C@H]2CC[C@H](NS(=O)(=O)c3ccc(Cl)nc3)CC2)CC1. The lowest BCUT2D eigenvalue weighted by Crippen LogP contribution is -2.52. The molecule has 0 spiro atoms. The summed E-state index contributed by atoms with van der Waals surface area (Å²) < 4.78 is 27.7. The molecule has 28 heavy (non-hydrogen) atoms. The van der Waals surface area contributed by atoms with Gasteiger partial charge in [0.1, 0.15) is 10.0 Å². The molecule has 1 saturated carbocycles. The molecule has 9 heteroatoms. The predicted octanol–water partition coefficient (Wildman–Crippen LogP) is 2.12.